The number of rotatable bonds is 5. The molecule has 3 aromatic rings. The number of hydrogen-bond acceptors (Lipinski definition) is 3. The summed E-state index contributed by atoms with van der Waals surface area (Å²) in [7, 11) is 0. The van der Waals surface area contributed by atoms with E-state index in [1.165, 1.54) is 29.0 Å². The lowest BCUT2D eigenvalue weighted by molar-refractivity contribution is 0.101. The average molecular weight is 366 g/mol. The SMILES string of the molecule is Cc1cc(NC(=O)c2cccn2Cc2cccs2)ccc1N1CCCC1. The summed E-state index contributed by atoms with van der Waals surface area (Å²) in [6, 6.07) is 14.1. The highest BCUT2D eigenvalue weighted by atomic mass is 32.1. The van der Waals surface area contributed by atoms with Gasteiger partial charge in [-0.1, -0.05) is 6.07 Å². The molecule has 1 aromatic carbocycles. The molecule has 1 aliphatic rings. The molecular weight excluding hydrogens is 342 g/mol. The highest BCUT2D eigenvalue weighted by Gasteiger charge is 2.16. The van der Waals surface area contributed by atoms with E-state index in [2.05, 4.69) is 40.7 Å². The lowest BCUT2D eigenvalue weighted by Gasteiger charge is -2.20. The first-order valence-corrected chi connectivity index (χ1v) is 9.93. The lowest BCUT2D eigenvalue weighted by atomic mass is 10.1. The van der Waals surface area contributed by atoms with E-state index in [9.17, 15) is 4.79 Å². The van der Waals surface area contributed by atoms with Crippen LogP contribution < -0.4 is 10.2 Å². The van der Waals surface area contributed by atoms with Gasteiger partial charge >= 0.3 is 0 Å². The Morgan fingerprint density at radius 2 is 2.00 bits per heavy atom. The maximum atomic E-state index is 12.7. The van der Waals surface area contributed by atoms with E-state index in [4.69, 9.17) is 0 Å². The number of nitrogens with zero attached hydrogens (tertiary/aromatic N) is 2. The summed E-state index contributed by atoms with van der Waals surface area (Å²) >= 11 is 1.70. The van der Waals surface area contributed by atoms with Gasteiger partial charge in [0.1, 0.15) is 5.69 Å². The van der Waals surface area contributed by atoms with Crippen molar-refractivity contribution >= 4 is 28.6 Å². The van der Waals surface area contributed by atoms with Crippen molar-refractivity contribution in [3.05, 3.63) is 70.2 Å². The van der Waals surface area contributed by atoms with Crippen LogP contribution in [0.25, 0.3) is 0 Å². The Morgan fingerprint density at radius 3 is 2.73 bits per heavy atom. The maximum absolute atomic E-state index is 12.7. The molecule has 0 unspecified atom stereocenters. The minimum absolute atomic E-state index is 0.0696. The predicted octanol–water partition coefficient (Wildman–Crippen LogP) is 4.76. The zero-order valence-electron chi connectivity index (χ0n) is 14.9. The summed E-state index contributed by atoms with van der Waals surface area (Å²) in [6.45, 7) is 5.09. The highest BCUT2D eigenvalue weighted by Crippen LogP contribution is 2.27. The largest absolute Gasteiger partial charge is 0.371 e. The molecule has 0 bridgehead atoms. The summed E-state index contributed by atoms with van der Waals surface area (Å²) in [5.74, 6) is -0.0696. The fraction of sp³-hybridized carbons (Fsp3) is 0.286. The number of nitrogens with one attached hydrogen (secondary N) is 1. The van der Waals surface area contributed by atoms with Gasteiger partial charge in [0, 0.05) is 35.5 Å². The van der Waals surface area contributed by atoms with Gasteiger partial charge in [0.2, 0.25) is 0 Å². The second-order valence-corrected chi connectivity index (χ2v) is 7.78. The fourth-order valence-electron chi connectivity index (χ4n) is 3.57. The molecule has 4 rings (SSSR count). The first kappa shape index (κ1) is 16.9. The quantitative estimate of drug-likeness (QED) is 0.708. The van der Waals surface area contributed by atoms with Crippen molar-refractivity contribution < 1.29 is 4.79 Å². The van der Waals surface area contributed by atoms with Gasteiger partial charge in [-0.3, -0.25) is 4.79 Å². The van der Waals surface area contributed by atoms with Crippen LogP contribution in [-0.2, 0) is 6.54 Å². The molecule has 0 saturated carbocycles. The summed E-state index contributed by atoms with van der Waals surface area (Å²) in [4.78, 5) is 16.4. The summed E-state index contributed by atoms with van der Waals surface area (Å²) in [5, 5.41) is 5.11. The number of anilines is 2. The molecule has 4 nitrogen and oxygen atoms in total. The summed E-state index contributed by atoms with van der Waals surface area (Å²) < 4.78 is 1.99. The molecule has 1 saturated heterocycles. The Hall–Kier alpha value is -2.53. The fourth-order valence-corrected chi connectivity index (χ4v) is 4.27. The third kappa shape index (κ3) is 3.53. The number of carbonyl (C=O) groups excluding carboxylic acids is 1. The molecule has 1 N–H and O–H groups in total. The monoisotopic (exact) mass is 365 g/mol. The van der Waals surface area contributed by atoms with E-state index in [0.29, 0.717) is 5.69 Å². The van der Waals surface area contributed by atoms with Crippen molar-refractivity contribution in [2.24, 2.45) is 0 Å². The van der Waals surface area contributed by atoms with E-state index in [-0.39, 0.29) is 5.91 Å². The van der Waals surface area contributed by atoms with Crippen LogP contribution in [-0.4, -0.2) is 23.6 Å². The summed E-state index contributed by atoms with van der Waals surface area (Å²) in [5.41, 5.74) is 4.01. The summed E-state index contributed by atoms with van der Waals surface area (Å²) in [6.07, 6.45) is 4.48. The first-order chi connectivity index (χ1) is 12.7. The second kappa shape index (κ2) is 7.38. The number of aryl methyl sites for hydroxylation is 1. The molecular formula is C21H23N3OS. The normalized spacial score (nSPS) is 14.0. The lowest BCUT2D eigenvalue weighted by Crippen LogP contribution is -2.19. The number of carbonyl (C=O) groups is 1. The van der Waals surface area contributed by atoms with Gasteiger partial charge < -0.3 is 14.8 Å². The molecule has 0 radical (unpaired) electrons. The van der Waals surface area contributed by atoms with Gasteiger partial charge in [-0.15, -0.1) is 11.3 Å². The standard InChI is InChI=1S/C21H23N3OS/c1-16-14-17(8-9-19(16)23-10-2-3-11-23)22-21(25)20-7-4-12-24(20)15-18-6-5-13-26-18/h4-9,12-14H,2-3,10-11,15H2,1H3,(H,22,25). The molecule has 2 aromatic heterocycles. The van der Waals surface area contributed by atoms with Crippen molar-refractivity contribution in [3.63, 3.8) is 0 Å². The Kier molecular flexibility index (Phi) is 4.80. The van der Waals surface area contributed by atoms with Crippen LogP contribution in [0.1, 0.15) is 33.8 Å². The molecule has 0 spiro atoms. The number of aromatic nitrogens is 1. The van der Waals surface area contributed by atoms with E-state index in [1.54, 1.807) is 11.3 Å². The number of hydrogen-bond donors (Lipinski definition) is 1. The van der Waals surface area contributed by atoms with E-state index < -0.39 is 0 Å². The zero-order valence-corrected chi connectivity index (χ0v) is 15.8. The Morgan fingerprint density at radius 1 is 1.15 bits per heavy atom. The van der Waals surface area contributed by atoms with Crippen molar-refractivity contribution in [2.45, 2.75) is 26.3 Å². The Labute approximate surface area is 158 Å². The van der Waals surface area contributed by atoms with Gasteiger partial charge in [0.15, 0.2) is 0 Å². The van der Waals surface area contributed by atoms with Crippen LogP contribution in [0.4, 0.5) is 11.4 Å². The molecule has 5 heteroatoms. The maximum Gasteiger partial charge on any atom is 0.272 e. The zero-order chi connectivity index (χ0) is 17.9. The highest BCUT2D eigenvalue weighted by molar-refractivity contribution is 7.09. The third-order valence-corrected chi connectivity index (χ3v) is 5.73. The average Bonchev–Trinajstić information content (AvgIpc) is 3.38. The van der Waals surface area contributed by atoms with Gasteiger partial charge in [-0.05, 0) is 67.1 Å². The van der Waals surface area contributed by atoms with Crippen LogP contribution in [0.5, 0.6) is 0 Å². The van der Waals surface area contributed by atoms with Crippen LogP contribution in [0, 0.1) is 6.92 Å². The molecule has 1 fully saturated rings. The van der Waals surface area contributed by atoms with E-state index in [1.807, 2.05) is 35.0 Å². The Bertz CT molecular complexity index is 892. The number of benzene rings is 1. The molecule has 0 aliphatic carbocycles. The predicted molar refractivity (Wildman–Crippen MR) is 108 cm³/mol. The molecule has 26 heavy (non-hydrogen) atoms. The van der Waals surface area contributed by atoms with Crippen LogP contribution in [0.15, 0.2) is 54.0 Å². The van der Waals surface area contributed by atoms with Gasteiger partial charge in [0.05, 0.1) is 6.54 Å². The van der Waals surface area contributed by atoms with Gasteiger partial charge in [-0.2, -0.15) is 0 Å². The van der Waals surface area contributed by atoms with Crippen molar-refractivity contribution in [2.75, 3.05) is 23.3 Å². The minimum Gasteiger partial charge on any atom is -0.371 e. The van der Waals surface area contributed by atoms with Gasteiger partial charge in [0.25, 0.3) is 5.91 Å². The third-order valence-electron chi connectivity index (χ3n) is 4.87. The smallest absolute Gasteiger partial charge is 0.272 e. The van der Waals surface area contributed by atoms with Gasteiger partial charge in [-0.25, -0.2) is 0 Å². The first-order valence-electron chi connectivity index (χ1n) is 9.05. The van der Waals surface area contributed by atoms with Crippen LogP contribution in [0.3, 0.4) is 0 Å². The molecule has 134 valence electrons. The molecule has 1 amide bonds. The van der Waals surface area contributed by atoms with Crippen LogP contribution in [0.2, 0.25) is 0 Å². The minimum atomic E-state index is -0.0696. The van der Waals surface area contributed by atoms with E-state index >= 15 is 0 Å². The van der Waals surface area contributed by atoms with Crippen LogP contribution >= 0.6 is 11.3 Å². The Balaban J connectivity index is 1.48. The second-order valence-electron chi connectivity index (χ2n) is 6.75. The number of thiophene rings is 1. The van der Waals surface area contributed by atoms with Crippen molar-refractivity contribution in [3.8, 4) is 0 Å². The van der Waals surface area contributed by atoms with E-state index in [0.717, 1.165) is 25.3 Å². The molecule has 1 aliphatic heterocycles. The number of amides is 1. The molecule has 3 heterocycles. The topological polar surface area (TPSA) is 37.3 Å². The molecule has 0 atom stereocenters. The van der Waals surface area contributed by atoms with Crippen molar-refractivity contribution in [1.82, 2.24) is 4.57 Å². The van der Waals surface area contributed by atoms with Crippen molar-refractivity contribution in [1.29, 1.82) is 0 Å².